The second-order valence-electron chi connectivity index (χ2n) is 5.98. The summed E-state index contributed by atoms with van der Waals surface area (Å²) in [7, 11) is 2.22. The molecule has 0 bridgehead atoms. The van der Waals surface area contributed by atoms with E-state index in [9.17, 15) is 0 Å². The normalized spacial score (nSPS) is 16.0. The monoisotopic (exact) mass is 316 g/mol. The molecule has 0 atom stereocenters. The van der Waals surface area contributed by atoms with E-state index < -0.39 is 0 Å². The van der Waals surface area contributed by atoms with Crippen LogP contribution in [0.3, 0.4) is 0 Å². The average molecular weight is 317 g/mol. The fraction of sp³-hybridized carbons (Fsp3) is 0.368. The number of piperidine rings is 1. The number of nitrogens with zero attached hydrogens (tertiary/aromatic N) is 2. The zero-order valence-corrected chi connectivity index (χ0v) is 14.0. The lowest BCUT2D eigenvalue weighted by Gasteiger charge is -2.39. The molecular formula is C19H25ClN2. The van der Waals surface area contributed by atoms with E-state index in [0.29, 0.717) is 6.04 Å². The van der Waals surface area contributed by atoms with E-state index in [1.165, 1.54) is 37.2 Å². The SMILES string of the molecule is CN1CCC(N(Cc2ccccc2)c2ccccc2)CC1.Cl. The van der Waals surface area contributed by atoms with E-state index in [1.54, 1.807) is 0 Å². The fourth-order valence-corrected chi connectivity index (χ4v) is 3.14. The van der Waals surface area contributed by atoms with Crippen molar-refractivity contribution in [1.29, 1.82) is 0 Å². The van der Waals surface area contributed by atoms with Gasteiger partial charge in [-0.25, -0.2) is 0 Å². The van der Waals surface area contributed by atoms with Crippen LogP contribution in [0.15, 0.2) is 60.7 Å². The van der Waals surface area contributed by atoms with Crippen LogP contribution in [0, 0.1) is 0 Å². The van der Waals surface area contributed by atoms with Crippen molar-refractivity contribution in [2.24, 2.45) is 0 Å². The van der Waals surface area contributed by atoms with Gasteiger partial charge in [-0.15, -0.1) is 12.4 Å². The Morgan fingerprint density at radius 3 is 2.05 bits per heavy atom. The fourth-order valence-electron chi connectivity index (χ4n) is 3.14. The molecule has 3 rings (SSSR count). The Kier molecular flexibility index (Phi) is 6.29. The van der Waals surface area contributed by atoms with Gasteiger partial charge in [0.1, 0.15) is 0 Å². The molecule has 1 heterocycles. The molecule has 1 aliphatic heterocycles. The minimum Gasteiger partial charge on any atom is -0.364 e. The third kappa shape index (κ3) is 4.25. The lowest BCUT2D eigenvalue weighted by Crippen LogP contribution is -2.43. The molecule has 2 aromatic carbocycles. The van der Waals surface area contributed by atoms with E-state index in [0.717, 1.165) is 6.54 Å². The number of anilines is 1. The Hall–Kier alpha value is -1.51. The first-order chi connectivity index (χ1) is 10.3. The van der Waals surface area contributed by atoms with Gasteiger partial charge in [0.15, 0.2) is 0 Å². The number of hydrogen-bond donors (Lipinski definition) is 0. The van der Waals surface area contributed by atoms with Crippen LogP contribution >= 0.6 is 12.4 Å². The lowest BCUT2D eigenvalue weighted by molar-refractivity contribution is 0.249. The Morgan fingerprint density at radius 2 is 1.45 bits per heavy atom. The molecule has 3 heteroatoms. The summed E-state index contributed by atoms with van der Waals surface area (Å²) < 4.78 is 0. The van der Waals surface area contributed by atoms with E-state index in [1.807, 2.05) is 0 Å². The topological polar surface area (TPSA) is 6.48 Å². The molecule has 0 saturated carbocycles. The van der Waals surface area contributed by atoms with Gasteiger partial charge in [0.05, 0.1) is 0 Å². The predicted octanol–water partition coefficient (Wildman–Crippen LogP) is 4.21. The quantitative estimate of drug-likeness (QED) is 0.833. The molecule has 1 aliphatic rings. The van der Waals surface area contributed by atoms with Crippen molar-refractivity contribution < 1.29 is 0 Å². The van der Waals surface area contributed by atoms with E-state index in [-0.39, 0.29) is 12.4 Å². The van der Waals surface area contributed by atoms with Crippen LogP contribution in [-0.4, -0.2) is 31.1 Å². The van der Waals surface area contributed by atoms with Gasteiger partial charge in [-0.05, 0) is 50.7 Å². The van der Waals surface area contributed by atoms with Crippen LogP contribution < -0.4 is 4.90 Å². The molecule has 0 N–H and O–H groups in total. The first-order valence-corrected chi connectivity index (χ1v) is 7.87. The highest BCUT2D eigenvalue weighted by Crippen LogP contribution is 2.25. The Labute approximate surface area is 140 Å². The standard InChI is InChI=1S/C19H24N2.ClH/c1-20-14-12-19(13-15-20)21(18-10-6-3-7-11-18)16-17-8-4-2-5-9-17;/h2-11,19H,12-16H2,1H3;1H. The highest BCUT2D eigenvalue weighted by Gasteiger charge is 2.23. The summed E-state index contributed by atoms with van der Waals surface area (Å²) in [5.74, 6) is 0. The summed E-state index contributed by atoms with van der Waals surface area (Å²) in [6.07, 6.45) is 2.50. The molecule has 2 aromatic rings. The van der Waals surface area contributed by atoms with Crippen LogP contribution in [-0.2, 0) is 6.54 Å². The molecule has 2 nitrogen and oxygen atoms in total. The maximum Gasteiger partial charge on any atom is 0.0432 e. The van der Waals surface area contributed by atoms with Crippen molar-refractivity contribution in [2.75, 3.05) is 25.0 Å². The summed E-state index contributed by atoms with van der Waals surface area (Å²) in [4.78, 5) is 5.02. The molecule has 0 unspecified atom stereocenters. The molecule has 22 heavy (non-hydrogen) atoms. The predicted molar refractivity (Wildman–Crippen MR) is 96.8 cm³/mol. The van der Waals surface area contributed by atoms with E-state index >= 15 is 0 Å². The third-order valence-electron chi connectivity index (χ3n) is 4.41. The number of hydrogen-bond acceptors (Lipinski definition) is 2. The second-order valence-corrected chi connectivity index (χ2v) is 5.98. The van der Waals surface area contributed by atoms with Crippen molar-refractivity contribution in [3.8, 4) is 0 Å². The minimum atomic E-state index is 0. The van der Waals surface area contributed by atoms with Gasteiger partial charge < -0.3 is 9.80 Å². The average Bonchev–Trinajstić information content (AvgIpc) is 2.55. The van der Waals surface area contributed by atoms with Crippen LogP contribution in [0.4, 0.5) is 5.69 Å². The Bertz CT molecular complexity index is 536. The molecule has 0 radical (unpaired) electrons. The minimum absolute atomic E-state index is 0. The number of benzene rings is 2. The highest BCUT2D eigenvalue weighted by atomic mass is 35.5. The summed E-state index contributed by atoms with van der Waals surface area (Å²) in [5, 5.41) is 0. The number of likely N-dealkylation sites (tertiary alicyclic amines) is 1. The van der Waals surface area contributed by atoms with E-state index in [4.69, 9.17) is 0 Å². The molecule has 1 fully saturated rings. The van der Waals surface area contributed by atoms with E-state index in [2.05, 4.69) is 77.5 Å². The first kappa shape index (κ1) is 16.9. The van der Waals surface area contributed by atoms with Gasteiger partial charge in [-0.3, -0.25) is 0 Å². The van der Waals surface area contributed by atoms with Crippen LogP contribution in [0.2, 0.25) is 0 Å². The number of rotatable bonds is 4. The zero-order valence-electron chi connectivity index (χ0n) is 13.2. The van der Waals surface area contributed by atoms with Gasteiger partial charge in [0, 0.05) is 18.3 Å². The van der Waals surface area contributed by atoms with Gasteiger partial charge in [-0.2, -0.15) is 0 Å². The molecule has 0 aromatic heterocycles. The van der Waals surface area contributed by atoms with Crippen molar-refractivity contribution in [1.82, 2.24) is 4.90 Å². The smallest absolute Gasteiger partial charge is 0.0432 e. The third-order valence-corrected chi connectivity index (χ3v) is 4.41. The van der Waals surface area contributed by atoms with Crippen LogP contribution in [0.25, 0.3) is 0 Å². The largest absolute Gasteiger partial charge is 0.364 e. The molecule has 0 amide bonds. The molecule has 1 saturated heterocycles. The van der Waals surface area contributed by atoms with Crippen molar-refractivity contribution in [2.45, 2.75) is 25.4 Å². The summed E-state index contributed by atoms with van der Waals surface area (Å²) in [6.45, 7) is 3.39. The molecule has 0 spiro atoms. The van der Waals surface area contributed by atoms with Crippen LogP contribution in [0.5, 0.6) is 0 Å². The van der Waals surface area contributed by atoms with Gasteiger partial charge in [0.2, 0.25) is 0 Å². The summed E-state index contributed by atoms with van der Waals surface area (Å²) in [6, 6.07) is 22.3. The molecule has 0 aliphatic carbocycles. The number of halogens is 1. The number of para-hydroxylation sites is 1. The van der Waals surface area contributed by atoms with Crippen LogP contribution in [0.1, 0.15) is 18.4 Å². The lowest BCUT2D eigenvalue weighted by atomic mass is 10.0. The Balaban J connectivity index is 0.00000176. The maximum absolute atomic E-state index is 2.59. The highest BCUT2D eigenvalue weighted by molar-refractivity contribution is 5.85. The van der Waals surface area contributed by atoms with Gasteiger partial charge in [-0.1, -0.05) is 48.5 Å². The van der Waals surface area contributed by atoms with Crippen molar-refractivity contribution in [3.63, 3.8) is 0 Å². The van der Waals surface area contributed by atoms with Crippen molar-refractivity contribution >= 4 is 18.1 Å². The second kappa shape index (κ2) is 8.21. The summed E-state index contributed by atoms with van der Waals surface area (Å²) >= 11 is 0. The van der Waals surface area contributed by atoms with Gasteiger partial charge >= 0.3 is 0 Å². The maximum atomic E-state index is 2.59. The first-order valence-electron chi connectivity index (χ1n) is 7.87. The van der Waals surface area contributed by atoms with Crippen molar-refractivity contribution in [3.05, 3.63) is 66.2 Å². The summed E-state index contributed by atoms with van der Waals surface area (Å²) in [5.41, 5.74) is 2.73. The Morgan fingerprint density at radius 1 is 0.909 bits per heavy atom. The zero-order chi connectivity index (χ0) is 14.5. The molecule has 118 valence electrons. The van der Waals surface area contributed by atoms with Gasteiger partial charge in [0.25, 0.3) is 0 Å². The molecular weight excluding hydrogens is 292 g/mol.